The number of nitrogens with two attached hydrogens (primary N) is 1. The van der Waals surface area contributed by atoms with Crippen molar-refractivity contribution in [1.82, 2.24) is 0 Å². The normalized spacial score (nSPS) is 11.0. The van der Waals surface area contributed by atoms with Gasteiger partial charge in [-0.15, -0.1) is 0 Å². The second-order valence-electron chi connectivity index (χ2n) is 4.94. The van der Waals surface area contributed by atoms with Crippen molar-refractivity contribution >= 4 is 34.6 Å². The molecule has 2 rings (SSSR count). The largest absolute Gasteiger partial charge is 0.495 e. The number of hydrogen-bond donors (Lipinski definition) is 3. The topological polar surface area (TPSA) is 115 Å². The van der Waals surface area contributed by atoms with Gasteiger partial charge in [0.15, 0.2) is 5.96 Å². The van der Waals surface area contributed by atoms with Gasteiger partial charge < -0.3 is 21.1 Å². The highest BCUT2D eigenvalue weighted by atomic mass is 35.5. The standard InChI is InChI=1S/C16H18ClN5O3/c1-25-15-7-6-11(10-12(15)17)21-16(18)20-9-8-19-13-4-2-3-5-14(13)22(23)24/h2-7,10,19H,8-9H2,1H3,(H3,18,20,21). The number of halogens is 1. The molecule has 0 aliphatic heterocycles. The molecule has 0 heterocycles. The SMILES string of the molecule is COc1ccc(NC(N)=NCCNc2ccccc2[N+](=O)[O-])cc1Cl. The number of ether oxygens (including phenoxy) is 1. The molecule has 0 amide bonds. The Hall–Kier alpha value is -3.00. The highest BCUT2D eigenvalue weighted by molar-refractivity contribution is 6.32. The van der Waals surface area contributed by atoms with E-state index in [-0.39, 0.29) is 11.6 Å². The molecule has 0 spiro atoms. The first kappa shape index (κ1) is 18.3. The van der Waals surface area contributed by atoms with Gasteiger partial charge in [0.05, 0.1) is 23.6 Å². The number of aliphatic imine (C=N–C) groups is 1. The molecule has 132 valence electrons. The van der Waals surface area contributed by atoms with E-state index in [0.717, 1.165) is 0 Å². The second-order valence-corrected chi connectivity index (χ2v) is 5.35. The number of nitrogens with zero attached hydrogens (tertiary/aromatic N) is 2. The lowest BCUT2D eigenvalue weighted by molar-refractivity contribution is -0.384. The van der Waals surface area contributed by atoms with Crippen molar-refractivity contribution in [3.8, 4) is 5.75 Å². The van der Waals surface area contributed by atoms with Gasteiger partial charge >= 0.3 is 0 Å². The van der Waals surface area contributed by atoms with E-state index >= 15 is 0 Å². The zero-order chi connectivity index (χ0) is 18.2. The summed E-state index contributed by atoms with van der Waals surface area (Å²) in [6.45, 7) is 0.741. The van der Waals surface area contributed by atoms with Crippen molar-refractivity contribution in [3.05, 3.63) is 57.6 Å². The maximum absolute atomic E-state index is 10.9. The van der Waals surface area contributed by atoms with Gasteiger partial charge in [0.1, 0.15) is 11.4 Å². The van der Waals surface area contributed by atoms with Gasteiger partial charge in [0, 0.05) is 18.3 Å². The Balaban J connectivity index is 1.88. The average Bonchev–Trinajstić information content (AvgIpc) is 2.59. The van der Waals surface area contributed by atoms with Crippen molar-refractivity contribution in [3.63, 3.8) is 0 Å². The van der Waals surface area contributed by atoms with E-state index in [9.17, 15) is 10.1 Å². The van der Waals surface area contributed by atoms with Crippen LogP contribution in [0.15, 0.2) is 47.5 Å². The number of nitro benzene ring substituents is 1. The van der Waals surface area contributed by atoms with Crippen LogP contribution >= 0.6 is 11.6 Å². The fourth-order valence-corrected chi connectivity index (χ4v) is 2.34. The molecule has 2 aromatic carbocycles. The van der Waals surface area contributed by atoms with E-state index in [2.05, 4.69) is 15.6 Å². The summed E-state index contributed by atoms with van der Waals surface area (Å²) < 4.78 is 5.08. The molecule has 0 bridgehead atoms. The maximum Gasteiger partial charge on any atom is 0.292 e. The summed E-state index contributed by atoms with van der Waals surface area (Å²) in [6, 6.07) is 11.6. The lowest BCUT2D eigenvalue weighted by Crippen LogP contribution is -2.23. The van der Waals surface area contributed by atoms with E-state index < -0.39 is 4.92 Å². The van der Waals surface area contributed by atoms with Crippen LogP contribution in [0.1, 0.15) is 0 Å². The van der Waals surface area contributed by atoms with Gasteiger partial charge in [-0.3, -0.25) is 15.1 Å². The first-order valence-electron chi connectivity index (χ1n) is 7.39. The van der Waals surface area contributed by atoms with Crippen molar-refractivity contribution in [2.24, 2.45) is 10.7 Å². The summed E-state index contributed by atoms with van der Waals surface area (Å²) in [5, 5.41) is 17.3. The molecule has 4 N–H and O–H groups in total. The van der Waals surface area contributed by atoms with Crippen LogP contribution in [0.4, 0.5) is 17.1 Å². The number of rotatable bonds is 7. The summed E-state index contributed by atoms with van der Waals surface area (Å²) in [4.78, 5) is 14.6. The zero-order valence-corrected chi connectivity index (χ0v) is 14.3. The Kier molecular flexibility index (Phi) is 6.41. The van der Waals surface area contributed by atoms with Crippen LogP contribution in [0.25, 0.3) is 0 Å². The summed E-state index contributed by atoms with van der Waals surface area (Å²) in [7, 11) is 1.54. The molecule has 0 unspecified atom stereocenters. The molecule has 0 fully saturated rings. The second kappa shape index (κ2) is 8.74. The first-order valence-corrected chi connectivity index (χ1v) is 7.77. The third-order valence-corrected chi connectivity index (χ3v) is 3.53. The maximum atomic E-state index is 10.9. The molecule has 9 heteroatoms. The third-order valence-electron chi connectivity index (χ3n) is 3.23. The van der Waals surface area contributed by atoms with Crippen LogP contribution in [0.5, 0.6) is 5.75 Å². The predicted molar refractivity (Wildman–Crippen MR) is 99.7 cm³/mol. The van der Waals surface area contributed by atoms with E-state index in [1.807, 2.05) is 0 Å². The fourth-order valence-electron chi connectivity index (χ4n) is 2.08. The molecule has 8 nitrogen and oxygen atoms in total. The minimum atomic E-state index is -0.436. The molecule has 0 aromatic heterocycles. The van der Waals surface area contributed by atoms with E-state index in [4.69, 9.17) is 22.1 Å². The van der Waals surface area contributed by atoms with E-state index in [1.54, 1.807) is 36.4 Å². The Bertz CT molecular complexity index is 782. The van der Waals surface area contributed by atoms with Crippen molar-refractivity contribution in [2.45, 2.75) is 0 Å². The lowest BCUT2D eigenvalue weighted by Gasteiger charge is -2.09. The fraction of sp³-hybridized carbons (Fsp3) is 0.188. The molecule has 2 aromatic rings. The lowest BCUT2D eigenvalue weighted by atomic mass is 10.2. The van der Waals surface area contributed by atoms with Gasteiger partial charge in [0.2, 0.25) is 0 Å². The smallest absolute Gasteiger partial charge is 0.292 e. The molecule has 0 aliphatic rings. The number of nitro groups is 1. The number of nitrogens with one attached hydrogen (secondary N) is 2. The Morgan fingerprint density at radius 3 is 2.80 bits per heavy atom. The van der Waals surface area contributed by atoms with Crippen LogP contribution in [-0.4, -0.2) is 31.1 Å². The molecular formula is C16H18ClN5O3. The van der Waals surface area contributed by atoms with Crippen LogP contribution in [0.2, 0.25) is 5.02 Å². The molecule has 0 atom stereocenters. The summed E-state index contributed by atoms with van der Waals surface area (Å²) in [6.07, 6.45) is 0. The van der Waals surface area contributed by atoms with Crippen molar-refractivity contribution in [1.29, 1.82) is 0 Å². The van der Waals surface area contributed by atoms with E-state index in [1.165, 1.54) is 13.2 Å². The number of anilines is 2. The summed E-state index contributed by atoms with van der Waals surface area (Å²) in [5.41, 5.74) is 6.95. The molecule has 0 radical (unpaired) electrons. The highest BCUT2D eigenvalue weighted by Gasteiger charge is 2.11. The number of para-hydroxylation sites is 2. The van der Waals surface area contributed by atoms with Gasteiger partial charge in [-0.25, -0.2) is 0 Å². The number of benzene rings is 2. The molecule has 25 heavy (non-hydrogen) atoms. The Morgan fingerprint density at radius 2 is 2.12 bits per heavy atom. The minimum Gasteiger partial charge on any atom is -0.495 e. The Labute approximate surface area is 149 Å². The monoisotopic (exact) mass is 363 g/mol. The number of guanidine groups is 1. The van der Waals surface area contributed by atoms with Gasteiger partial charge in [-0.2, -0.15) is 0 Å². The minimum absolute atomic E-state index is 0.0189. The van der Waals surface area contributed by atoms with Gasteiger partial charge in [-0.05, 0) is 24.3 Å². The van der Waals surface area contributed by atoms with E-state index in [0.29, 0.717) is 35.2 Å². The number of hydrogen-bond acceptors (Lipinski definition) is 5. The first-order chi connectivity index (χ1) is 12.0. The Morgan fingerprint density at radius 1 is 1.36 bits per heavy atom. The highest BCUT2D eigenvalue weighted by Crippen LogP contribution is 2.27. The van der Waals surface area contributed by atoms with Crippen LogP contribution in [0, 0.1) is 10.1 Å². The van der Waals surface area contributed by atoms with Crippen LogP contribution < -0.4 is 21.1 Å². The quantitative estimate of drug-likeness (QED) is 0.229. The van der Waals surface area contributed by atoms with Crippen LogP contribution in [-0.2, 0) is 0 Å². The van der Waals surface area contributed by atoms with Crippen LogP contribution in [0.3, 0.4) is 0 Å². The molecule has 0 saturated carbocycles. The van der Waals surface area contributed by atoms with Crippen molar-refractivity contribution < 1.29 is 9.66 Å². The molecule has 0 aliphatic carbocycles. The summed E-state index contributed by atoms with van der Waals surface area (Å²) in [5.74, 6) is 0.780. The average molecular weight is 364 g/mol. The summed E-state index contributed by atoms with van der Waals surface area (Å²) >= 11 is 6.04. The van der Waals surface area contributed by atoms with Crippen molar-refractivity contribution in [2.75, 3.05) is 30.8 Å². The molecular weight excluding hydrogens is 346 g/mol. The third kappa shape index (κ3) is 5.25. The number of methoxy groups -OCH3 is 1. The molecule has 0 saturated heterocycles. The zero-order valence-electron chi connectivity index (χ0n) is 13.5. The predicted octanol–water partition coefficient (Wildman–Crippen LogP) is 3.10. The van der Waals surface area contributed by atoms with Gasteiger partial charge in [-0.1, -0.05) is 23.7 Å². The van der Waals surface area contributed by atoms with Gasteiger partial charge in [0.25, 0.3) is 5.69 Å².